The number of halogens is 6. The van der Waals surface area contributed by atoms with E-state index in [1.54, 1.807) is 26.8 Å². The maximum Gasteiger partial charge on any atom is 0.447 e. The average Bonchev–Trinajstić information content (AvgIpc) is 3.65. The highest BCUT2D eigenvalue weighted by molar-refractivity contribution is 8.00. The number of ether oxygens (including phenoxy) is 3. The number of thioether (sulfide) groups is 1. The third-order valence-electron chi connectivity index (χ3n) is 7.66. The van der Waals surface area contributed by atoms with Crippen molar-refractivity contribution in [3.8, 4) is 11.8 Å². The summed E-state index contributed by atoms with van der Waals surface area (Å²) >= 11 is -0.390. The number of fused-ring (bicyclic) bond motifs is 1. The van der Waals surface area contributed by atoms with Gasteiger partial charge in [-0.1, -0.05) is 5.92 Å². The lowest BCUT2D eigenvalue weighted by atomic mass is 9.89. The lowest BCUT2D eigenvalue weighted by molar-refractivity contribution is -0.150. The van der Waals surface area contributed by atoms with Crippen molar-refractivity contribution in [1.82, 2.24) is 29.4 Å². The predicted octanol–water partition coefficient (Wildman–Crippen LogP) is 5.51. The number of amides is 1. The van der Waals surface area contributed by atoms with Gasteiger partial charge in [-0.05, 0) is 57.6 Å². The van der Waals surface area contributed by atoms with Gasteiger partial charge in [-0.2, -0.15) is 31.4 Å². The number of aromatic nitrogens is 4. The molecule has 0 saturated carbocycles. The lowest BCUT2D eigenvalue weighted by Gasteiger charge is -2.39. The van der Waals surface area contributed by atoms with Crippen LogP contribution in [0.3, 0.4) is 0 Å². The van der Waals surface area contributed by atoms with Gasteiger partial charge in [-0.15, -0.1) is 0 Å². The summed E-state index contributed by atoms with van der Waals surface area (Å²) in [5, 5.41) is 18.4. The molecule has 20 heteroatoms. The van der Waals surface area contributed by atoms with Crippen LogP contribution in [0.2, 0.25) is 0 Å². The van der Waals surface area contributed by atoms with Gasteiger partial charge in [0, 0.05) is 49.9 Å². The Morgan fingerprint density at radius 3 is 2.49 bits per heavy atom. The van der Waals surface area contributed by atoms with Crippen molar-refractivity contribution in [1.29, 1.82) is 0 Å². The van der Waals surface area contributed by atoms with Crippen LogP contribution in [0.1, 0.15) is 49.7 Å². The zero-order chi connectivity index (χ0) is 38.8. The molecule has 2 atom stereocenters. The Labute approximate surface area is 305 Å². The summed E-state index contributed by atoms with van der Waals surface area (Å²) in [6.07, 6.45) is -0.411. The van der Waals surface area contributed by atoms with E-state index < -0.39 is 35.9 Å². The number of carboxylic acid groups (broad SMARTS) is 1. The molecule has 1 fully saturated rings. The number of likely N-dealkylation sites (tertiary alicyclic amines) is 1. The second-order valence-corrected chi connectivity index (χ2v) is 14.1. The molecular weight excluding hydrogens is 736 g/mol. The summed E-state index contributed by atoms with van der Waals surface area (Å²) in [4.78, 5) is 28.6. The molecule has 0 radical (unpaired) electrons. The SMILES string of the molecule is CC(C)(C)OC(=O)NCC#Cc1nc2c(N[C@H]3CCN(CC(F)(F)F)C[C@@H]3CCOCCOCCn3cc(C(=O)O)cn3)cccn2c1SC(F)(F)F. The van der Waals surface area contributed by atoms with Crippen molar-refractivity contribution in [2.75, 3.05) is 57.9 Å². The molecule has 4 rings (SSSR count). The molecule has 0 unspecified atom stereocenters. The van der Waals surface area contributed by atoms with E-state index in [-0.39, 0.29) is 91.7 Å². The molecule has 0 aromatic carbocycles. The normalized spacial score (nSPS) is 17.0. The number of aromatic carboxylic acids is 1. The highest BCUT2D eigenvalue weighted by atomic mass is 32.2. The first-order valence-electron chi connectivity index (χ1n) is 16.6. The Hall–Kier alpha value is -4.19. The number of alkyl carbamates (subject to hydrolysis) is 1. The van der Waals surface area contributed by atoms with Crippen molar-refractivity contribution in [3.05, 3.63) is 42.0 Å². The number of hydrogen-bond acceptors (Lipinski definition) is 10. The topological polar surface area (TPSA) is 144 Å². The fourth-order valence-corrected chi connectivity index (χ4v) is 6.16. The highest BCUT2D eigenvalue weighted by Crippen LogP contribution is 2.40. The van der Waals surface area contributed by atoms with Gasteiger partial charge in [0.1, 0.15) is 16.3 Å². The largest absolute Gasteiger partial charge is 0.478 e. The number of carbonyl (C=O) groups is 2. The maximum absolute atomic E-state index is 13.6. The molecule has 1 aliphatic heterocycles. The third kappa shape index (κ3) is 13.9. The molecule has 0 bridgehead atoms. The monoisotopic (exact) mass is 777 g/mol. The summed E-state index contributed by atoms with van der Waals surface area (Å²) in [6.45, 7) is 5.22. The van der Waals surface area contributed by atoms with Crippen LogP contribution in [0, 0.1) is 17.8 Å². The van der Waals surface area contributed by atoms with E-state index in [0.29, 0.717) is 25.1 Å². The number of anilines is 1. The minimum Gasteiger partial charge on any atom is -0.478 e. The number of carboxylic acids is 1. The van der Waals surface area contributed by atoms with Gasteiger partial charge in [0.05, 0.1) is 56.9 Å². The fraction of sp³-hybridized carbons (Fsp3) is 0.576. The van der Waals surface area contributed by atoms with Gasteiger partial charge in [0.2, 0.25) is 0 Å². The number of piperidine rings is 1. The maximum atomic E-state index is 13.6. The number of nitrogens with one attached hydrogen (secondary N) is 2. The minimum absolute atomic E-state index is 0.0601. The van der Waals surface area contributed by atoms with Crippen LogP contribution in [0.15, 0.2) is 35.7 Å². The summed E-state index contributed by atoms with van der Waals surface area (Å²) in [7, 11) is 0. The van der Waals surface area contributed by atoms with E-state index in [9.17, 15) is 35.9 Å². The third-order valence-corrected chi connectivity index (χ3v) is 8.47. The summed E-state index contributed by atoms with van der Waals surface area (Å²) in [5.41, 5.74) is -5.02. The van der Waals surface area contributed by atoms with Crippen LogP contribution in [0.25, 0.3) is 5.65 Å². The number of alkyl halides is 6. The first-order valence-corrected chi connectivity index (χ1v) is 17.4. The molecule has 1 aliphatic rings. The van der Waals surface area contributed by atoms with Gasteiger partial charge < -0.3 is 30.0 Å². The second-order valence-electron chi connectivity index (χ2n) is 13.0. The number of carbonyl (C=O) groups excluding carboxylic acids is 1. The Kier molecular flexibility index (Phi) is 14.3. The first kappa shape index (κ1) is 41.6. The molecule has 3 aromatic heterocycles. The first-order chi connectivity index (χ1) is 24.9. The van der Waals surface area contributed by atoms with Crippen molar-refractivity contribution in [3.63, 3.8) is 0 Å². The molecule has 292 valence electrons. The molecule has 53 heavy (non-hydrogen) atoms. The number of imidazole rings is 1. The molecule has 0 spiro atoms. The van der Waals surface area contributed by atoms with Crippen molar-refractivity contribution in [2.45, 2.75) is 68.5 Å². The van der Waals surface area contributed by atoms with Gasteiger partial charge in [0.15, 0.2) is 5.65 Å². The standard InChI is InChI=1S/C33H41F6N7O6S/c1-31(2,3)52-30(49)40-10-4-6-26-28(53-33(37,38)39)46-11-5-7-25(27(46)43-26)42-24-8-12-44(21-32(34,35)36)19-22(24)9-14-50-16-17-51-15-13-45-20-23(18-41-45)29(47)48/h5,7,11,18,20,22,24,42H,8-10,12-17,19,21H2,1-3H3,(H,40,49)(H,47,48)/t22-,24-/m0/s1. The van der Waals surface area contributed by atoms with Gasteiger partial charge in [-0.3, -0.25) is 14.0 Å². The van der Waals surface area contributed by atoms with Crippen molar-refractivity contribution < 1.29 is 55.2 Å². The molecule has 4 heterocycles. The molecule has 1 saturated heterocycles. The summed E-state index contributed by atoms with van der Waals surface area (Å²) in [5.74, 6) is 3.81. The van der Waals surface area contributed by atoms with E-state index >= 15 is 0 Å². The minimum atomic E-state index is -4.67. The Balaban J connectivity index is 1.41. The highest BCUT2D eigenvalue weighted by Gasteiger charge is 2.37. The number of nitrogens with zero attached hydrogens (tertiary/aromatic N) is 5. The quantitative estimate of drug-likeness (QED) is 0.0779. The molecule has 3 aromatic rings. The van der Waals surface area contributed by atoms with Crippen LogP contribution >= 0.6 is 11.8 Å². The van der Waals surface area contributed by atoms with Crippen molar-refractivity contribution in [2.24, 2.45) is 5.92 Å². The lowest BCUT2D eigenvalue weighted by Crippen LogP contribution is -2.49. The molecule has 1 amide bonds. The van der Waals surface area contributed by atoms with Gasteiger partial charge in [0.25, 0.3) is 0 Å². The van der Waals surface area contributed by atoms with Crippen LogP contribution < -0.4 is 10.6 Å². The number of pyridine rings is 1. The second kappa shape index (κ2) is 18.2. The Morgan fingerprint density at radius 2 is 1.83 bits per heavy atom. The van der Waals surface area contributed by atoms with E-state index in [4.69, 9.17) is 19.3 Å². The Morgan fingerprint density at radius 1 is 1.09 bits per heavy atom. The zero-order valence-electron chi connectivity index (χ0n) is 29.2. The van der Waals surface area contributed by atoms with E-state index in [2.05, 4.69) is 32.6 Å². The molecule has 3 N–H and O–H groups in total. The zero-order valence-corrected chi connectivity index (χ0v) is 30.0. The molecule has 0 aliphatic carbocycles. The van der Waals surface area contributed by atoms with Crippen LogP contribution in [-0.4, -0.2) is 117 Å². The number of rotatable bonds is 15. The number of hydrogen-bond donors (Lipinski definition) is 3. The van der Waals surface area contributed by atoms with Crippen LogP contribution in [-0.2, 0) is 20.8 Å². The fourth-order valence-electron chi connectivity index (χ4n) is 5.50. The van der Waals surface area contributed by atoms with E-state index in [1.165, 1.54) is 38.6 Å². The molecule has 13 nitrogen and oxygen atoms in total. The van der Waals surface area contributed by atoms with Crippen LogP contribution in [0.5, 0.6) is 0 Å². The van der Waals surface area contributed by atoms with Gasteiger partial charge >= 0.3 is 23.7 Å². The van der Waals surface area contributed by atoms with E-state index in [1.807, 2.05) is 0 Å². The van der Waals surface area contributed by atoms with E-state index in [0.717, 1.165) is 0 Å². The predicted molar refractivity (Wildman–Crippen MR) is 182 cm³/mol. The van der Waals surface area contributed by atoms with Gasteiger partial charge in [-0.25, -0.2) is 14.6 Å². The average molecular weight is 778 g/mol. The smallest absolute Gasteiger partial charge is 0.447 e. The Bertz CT molecular complexity index is 1750. The summed E-state index contributed by atoms with van der Waals surface area (Å²) in [6, 6.07) is 2.80. The van der Waals surface area contributed by atoms with Crippen molar-refractivity contribution >= 4 is 35.2 Å². The summed E-state index contributed by atoms with van der Waals surface area (Å²) < 4.78 is 99.9. The molecular formula is C33H41F6N7O6S. The van der Waals surface area contributed by atoms with Crippen LogP contribution in [0.4, 0.5) is 36.8 Å².